The van der Waals surface area contributed by atoms with E-state index in [1.807, 2.05) is 18.3 Å². The van der Waals surface area contributed by atoms with E-state index in [1.54, 1.807) is 6.20 Å². The second-order valence-corrected chi connectivity index (χ2v) is 7.36. The van der Waals surface area contributed by atoms with Gasteiger partial charge in [-0.05, 0) is 48.9 Å². The molecule has 0 aliphatic carbocycles. The Hall–Kier alpha value is -1.55. The van der Waals surface area contributed by atoms with Crippen molar-refractivity contribution in [2.45, 2.75) is 25.9 Å². The number of aromatic nitrogens is 2. The van der Waals surface area contributed by atoms with Crippen LogP contribution in [-0.2, 0) is 25.9 Å². The number of aryl methyl sites for hydroxylation is 2. The molecule has 1 aliphatic rings. The summed E-state index contributed by atoms with van der Waals surface area (Å²) >= 11 is 12.3. The van der Waals surface area contributed by atoms with Crippen molar-refractivity contribution in [2.75, 3.05) is 13.6 Å². The summed E-state index contributed by atoms with van der Waals surface area (Å²) in [7, 11) is 2.17. The van der Waals surface area contributed by atoms with Gasteiger partial charge in [-0.25, -0.2) is 0 Å². The van der Waals surface area contributed by atoms with Crippen molar-refractivity contribution in [3.05, 3.63) is 63.5 Å². The van der Waals surface area contributed by atoms with E-state index in [1.165, 1.54) is 27.7 Å². The van der Waals surface area contributed by atoms with Crippen LogP contribution in [0.25, 0.3) is 10.9 Å². The number of halogens is 2. The second kappa shape index (κ2) is 6.40. The minimum atomic E-state index is 0.695. The summed E-state index contributed by atoms with van der Waals surface area (Å²) in [6, 6.07) is 8.23. The minimum Gasteiger partial charge on any atom is -0.344 e. The van der Waals surface area contributed by atoms with Crippen molar-refractivity contribution < 1.29 is 0 Å². The Bertz CT molecular complexity index is 901. The minimum absolute atomic E-state index is 0.695. The Kier molecular flexibility index (Phi) is 4.25. The van der Waals surface area contributed by atoms with Crippen molar-refractivity contribution >= 4 is 34.1 Å². The highest BCUT2D eigenvalue weighted by Crippen LogP contribution is 2.32. The number of benzene rings is 1. The third-order valence-corrected chi connectivity index (χ3v) is 5.23. The highest BCUT2D eigenvalue weighted by atomic mass is 35.5. The van der Waals surface area contributed by atoms with Gasteiger partial charge in [0.05, 0.1) is 5.02 Å². The van der Waals surface area contributed by atoms with Crippen LogP contribution in [0.1, 0.15) is 16.8 Å². The lowest BCUT2D eigenvalue weighted by atomic mass is 10.1. The third-order valence-electron chi connectivity index (χ3n) is 4.79. The summed E-state index contributed by atoms with van der Waals surface area (Å²) in [5.74, 6) is 0. The van der Waals surface area contributed by atoms with Crippen molar-refractivity contribution in [3.8, 4) is 0 Å². The van der Waals surface area contributed by atoms with Gasteiger partial charge in [0.25, 0.3) is 0 Å². The van der Waals surface area contributed by atoms with Gasteiger partial charge >= 0.3 is 0 Å². The molecule has 4 rings (SSSR count). The van der Waals surface area contributed by atoms with E-state index in [9.17, 15) is 0 Å². The summed E-state index contributed by atoms with van der Waals surface area (Å²) in [6.07, 6.45) is 5.57. The first-order valence-electron chi connectivity index (χ1n) is 8.19. The fourth-order valence-electron chi connectivity index (χ4n) is 3.65. The van der Waals surface area contributed by atoms with Gasteiger partial charge in [-0.2, -0.15) is 0 Å². The van der Waals surface area contributed by atoms with Crippen LogP contribution in [0.5, 0.6) is 0 Å². The first kappa shape index (κ1) is 15.9. The molecule has 0 N–H and O–H groups in total. The van der Waals surface area contributed by atoms with E-state index in [0.717, 1.165) is 37.5 Å². The highest BCUT2D eigenvalue weighted by molar-refractivity contribution is 6.31. The maximum atomic E-state index is 6.25. The molecular weight excluding hydrogens is 341 g/mol. The lowest BCUT2D eigenvalue weighted by Crippen LogP contribution is -2.27. The quantitative estimate of drug-likeness (QED) is 0.682. The van der Waals surface area contributed by atoms with E-state index in [0.29, 0.717) is 5.02 Å². The average Bonchev–Trinajstić information content (AvgIpc) is 2.85. The van der Waals surface area contributed by atoms with E-state index in [-0.39, 0.29) is 0 Å². The van der Waals surface area contributed by atoms with E-state index in [2.05, 4.69) is 33.6 Å². The molecule has 0 bridgehead atoms. The predicted octanol–water partition coefficient (Wildman–Crippen LogP) is 4.57. The van der Waals surface area contributed by atoms with Crippen molar-refractivity contribution in [1.29, 1.82) is 0 Å². The maximum absolute atomic E-state index is 6.25. The molecule has 0 saturated carbocycles. The molecule has 0 amide bonds. The fourth-order valence-corrected chi connectivity index (χ4v) is 4.01. The van der Waals surface area contributed by atoms with Gasteiger partial charge in [0.15, 0.2) is 0 Å². The molecule has 0 spiro atoms. The fraction of sp³-hybridized carbons (Fsp3) is 0.316. The lowest BCUT2D eigenvalue weighted by molar-refractivity contribution is 0.309. The zero-order valence-electron chi connectivity index (χ0n) is 13.6. The van der Waals surface area contributed by atoms with E-state index in [4.69, 9.17) is 23.2 Å². The Morgan fingerprint density at radius 1 is 1.12 bits per heavy atom. The number of rotatable bonds is 3. The number of nitrogens with zero attached hydrogens (tertiary/aromatic N) is 3. The molecule has 1 aliphatic heterocycles. The van der Waals surface area contributed by atoms with Crippen molar-refractivity contribution in [2.24, 2.45) is 0 Å². The Labute approximate surface area is 151 Å². The number of pyridine rings is 1. The van der Waals surface area contributed by atoms with Crippen LogP contribution in [0, 0.1) is 0 Å². The normalized spacial score (nSPS) is 15.0. The summed E-state index contributed by atoms with van der Waals surface area (Å²) in [6.45, 7) is 3.01. The number of fused-ring (bicyclic) bond motifs is 3. The Morgan fingerprint density at radius 3 is 2.83 bits per heavy atom. The molecule has 0 radical (unpaired) electrons. The zero-order valence-corrected chi connectivity index (χ0v) is 15.1. The van der Waals surface area contributed by atoms with Gasteiger partial charge < -0.3 is 9.47 Å². The van der Waals surface area contributed by atoms with Gasteiger partial charge in [-0.3, -0.25) is 4.98 Å². The summed E-state index contributed by atoms with van der Waals surface area (Å²) in [5, 5.41) is 2.78. The Morgan fingerprint density at radius 2 is 2.00 bits per heavy atom. The molecule has 1 aromatic carbocycles. The first-order valence-corrected chi connectivity index (χ1v) is 8.95. The molecule has 0 unspecified atom stereocenters. The molecule has 2 aromatic heterocycles. The van der Waals surface area contributed by atoms with Gasteiger partial charge in [-0.1, -0.05) is 23.2 Å². The molecule has 3 nitrogen and oxygen atoms in total. The number of hydrogen-bond acceptors (Lipinski definition) is 2. The zero-order chi connectivity index (χ0) is 16.7. The van der Waals surface area contributed by atoms with Crippen LogP contribution < -0.4 is 0 Å². The summed E-state index contributed by atoms with van der Waals surface area (Å²) in [4.78, 5) is 6.56. The van der Waals surface area contributed by atoms with Crippen LogP contribution in [0.3, 0.4) is 0 Å². The highest BCUT2D eigenvalue weighted by Gasteiger charge is 2.22. The standard InChI is InChI=1S/C19H19Cl2N3/c1-23-6-5-19-17(12-23)16-9-14(20)2-3-18(16)24(19)7-4-13-8-15(21)11-22-10-13/h2-3,8-11H,4-7,12H2,1H3. The van der Waals surface area contributed by atoms with Gasteiger partial charge in [0.1, 0.15) is 0 Å². The van der Waals surface area contributed by atoms with Gasteiger partial charge in [-0.15, -0.1) is 0 Å². The third kappa shape index (κ3) is 2.92. The van der Waals surface area contributed by atoms with Gasteiger partial charge in [0, 0.05) is 60.1 Å². The molecule has 0 fully saturated rings. The van der Waals surface area contributed by atoms with Crippen molar-refractivity contribution in [3.63, 3.8) is 0 Å². The van der Waals surface area contributed by atoms with Crippen LogP contribution in [0.4, 0.5) is 0 Å². The molecule has 5 heteroatoms. The number of likely N-dealkylation sites (N-methyl/N-ethyl adjacent to an activating group) is 1. The van der Waals surface area contributed by atoms with Crippen LogP contribution in [0.2, 0.25) is 10.0 Å². The molecule has 24 heavy (non-hydrogen) atoms. The number of hydrogen-bond donors (Lipinski definition) is 0. The smallest absolute Gasteiger partial charge is 0.0592 e. The molecular formula is C19H19Cl2N3. The summed E-state index contributed by atoms with van der Waals surface area (Å²) < 4.78 is 2.45. The Balaban J connectivity index is 1.74. The van der Waals surface area contributed by atoms with Crippen LogP contribution in [-0.4, -0.2) is 28.0 Å². The lowest BCUT2D eigenvalue weighted by Gasteiger charge is -2.24. The topological polar surface area (TPSA) is 21.1 Å². The maximum Gasteiger partial charge on any atom is 0.0592 e. The van der Waals surface area contributed by atoms with E-state index < -0.39 is 0 Å². The van der Waals surface area contributed by atoms with Crippen LogP contribution in [0.15, 0.2) is 36.7 Å². The predicted molar refractivity (Wildman–Crippen MR) is 99.9 cm³/mol. The molecule has 3 aromatic rings. The molecule has 0 saturated heterocycles. The molecule has 124 valence electrons. The van der Waals surface area contributed by atoms with Crippen molar-refractivity contribution in [1.82, 2.24) is 14.5 Å². The first-order chi connectivity index (χ1) is 11.6. The van der Waals surface area contributed by atoms with Gasteiger partial charge in [0.2, 0.25) is 0 Å². The van der Waals surface area contributed by atoms with Crippen LogP contribution >= 0.6 is 23.2 Å². The summed E-state index contributed by atoms with van der Waals surface area (Å²) in [5.41, 5.74) is 5.31. The second-order valence-electron chi connectivity index (χ2n) is 6.49. The average molecular weight is 360 g/mol. The molecule has 3 heterocycles. The SMILES string of the molecule is CN1CCc2c(c3cc(Cl)ccc3n2CCc2cncc(Cl)c2)C1. The van der Waals surface area contributed by atoms with E-state index >= 15 is 0 Å². The molecule has 0 atom stereocenters. The monoisotopic (exact) mass is 359 g/mol. The largest absolute Gasteiger partial charge is 0.344 e.